The van der Waals surface area contributed by atoms with Gasteiger partial charge in [-0.15, -0.1) is 0 Å². The fraction of sp³-hybridized carbons (Fsp3) is 0.625. The van der Waals surface area contributed by atoms with E-state index in [1.54, 1.807) is 11.0 Å². The van der Waals surface area contributed by atoms with Gasteiger partial charge in [0, 0.05) is 25.8 Å². The van der Waals surface area contributed by atoms with Crippen molar-refractivity contribution in [2.24, 2.45) is 5.92 Å². The third-order valence-corrected chi connectivity index (χ3v) is 3.44. The van der Waals surface area contributed by atoms with Crippen molar-refractivity contribution in [1.29, 1.82) is 0 Å². The molecule has 118 valence electrons. The van der Waals surface area contributed by atoms with Crippen molar-refractivity contribution < 1.29 is 9.18 Å². The molecule has 0 atom stereocenters. The molecule has 1 aromatic rings. The molecule has 1 heterocycles. The molecule has 0 spiro atoms. The number of rotatable bonds is 8. The number of likely N-dealkylation sites (N-methyl/N-ethyl adjacent to an activating group) is 1. The van der Waals surface area contributed by atoms with Gasteiger partial charge in [0.15, 0.2) is 0 Å². The first-order valence-electron chi connectivity index (χ1n) is 7.61. The van der Waals surface area contributed by atoms with Crippen LogP contribution in [0.1, 0.15) is 38.1 Å². The van der Waals surface area contributed by atoms with E-state index in [9.17, 15) is 9.18 Å². The maximum atomic E-state index is 13.7. The highest BCUT2D eigenvalue weighted by molar-refractivity contribution is 5.94. The molecular weight excluding hydrogens is 269 g/mol. The van der Waals surface area contributed by atoms with Gasteiger partial charge in [0.05, 0.1) is 5.56 Å². The highest BCUT2D eigenvalue weighted by atomic mass is 19.1. The minimum absolute atomic E-state index is 0.0534. The Bertz CT molecular complexity index is 447. The second-order valence-electron chi connectivity index (χ2n) is 5.51. The van der Waals surface area contributed by atoms with Crippen molar-refractivity contribution in [3.63, 3.8) is 0 Å². The van der Waals surface area contributed by atoms with Crippen LogP contribution in [0.4, 0.5) is 4.39 Å². The first kappa shape index (κ1) is 17.6. The van der Waals surface area contributed by atoms with Crippen molar-refractivity contribution in [3.8, 4) is 0 Å². The molecule has 1 rings (SSSR count). The first-order valence-corrected chi connectivity index (χ1v) is 7.61. The predicted molar refractivity (Wildman–Crippen MR) is 82.7 cm³/mol. The van der Waals surface area contributed by atoms with Crippen LogP contribution >= 0.6 is 0 Å². The second-order valence-corrected chi connectivity index (χ2v) is 5.51. The van der Waals surface area contributed by atoms with Crippen LogP contribution in [0.3, 0.4) is 0 Å². The molecular formula is C16H26FN3O. The van der Waals surface area contributed by atoms with E-state index in [-0.39, 0.29) is 11.5 Å². The Morgan fingerprint density at radius 1 is 1.29 bits per heavy atom. The van der Waals surface area contributed by atoms with Gasteiger partial charge < -0.3 is 9.80 Å². The number of amides is 1. The third-order valence-electron chi connectivity index (χ3n) is 3.44. The number of carbonyl (C=O) groups excluding carboxylic acids is 1. The van der Waals surface area contributed by atoms with Crippen LogP contribution in [0.5, 0.6) is 0 Å². The van der Waals surface area contributed by atoms with Gasteiger partial charge in [-0.2, -0.15) is 4.39 Å². The summed E-state index contributed by atoms with van der Waals surface area (Å²) in [5.74, 6) is -0.633. The Hall–Kier alpha value is -1.49. The van der Waals surface area contributed by atoms with E-state index in [1.807, 2.05) is 0 Å². The average Bonchev–Trinajstić information content (AvgIpc) is 2.46. The molecule has 0 unspecified atom stereocenters. The number of halogens is 1. The highest BCUT2D eigenvalue weighted by Crippen LogP contribution is 2.10. The summed E-state index contributed by atoms with van der Waals surface area (Å²) < 4.78 is 13.7. The minimum Gasteiger partial charge on any atom is -0.337 e. The Balaban J connectivity index is 2.82. The van der Waals surface area contributed by atoms with Crippen LogP contribution in [0, 0.1) is 11.9 Å². The van der Waals surface area contributed by atoms with Crippen molar-refractivity contribution in [3.05, 3.63) is 29.8 Å². The lowest BCUT2D eigenvalue weighted by molar-refractivity contribution is 0.0710. The summed E-state index contributed by atoms with van der Waals surface area (Å²) in [5, 5.41) is 0. The van der Waals surface area contributed by atoms with Gasteiger partial charge in [0.25, 0.3) is 5.91 Å². The zero-order valence-corrected chi connectivity index (χ0v) is 13.5. The van der Waals surface area contributed by atoms with E-state index in [0.29, 0.717) is 19.0 Å². The molecule has 0 fully saturated rings. The highest BCUT2D eigenvalue weighted by Gasteiger charge is 2.20. The van der Waals surface area contributed by atoms with Gasteiger partial charge in [-0.1, -0.05) is 27.7 Å². The van der Waals surface area contributed by atoms with Gasteiger partial charge in [-0.25, -0.2) is 4.98 Å². The minimum atomic E-state index is -0.695. The molecule has 0 radical (unpaired) electrons. The van der Waals surface area contributed by atoms with Gasteiger partial charge in [0.1, 0.15) is 0 Å². The van der Waals surface area contributed by atoms with Gasteiger partial charge in [-0.3, -0.25) is 4.79 Å². The molecule has 1 aromatic heterocycles. The van der Waals surface area contributed by atoms with Gasteiger partial charge in [0.2, 0.25) is 5.95 Å². The molecule has 4 nitrogen and oxygen atoms in total. The van der Waals surface area contributed by atoms with Crippen LogP contribution in [0.25, 0.3) is 0 Å². The zero-order chi connectivity index (χ0) is 15.8. The molecule has 0 aliphatic rings. The summed E-state index contributed by atoms with van der Waals surface area (Å²) in [4.78, 5) is 20.1. The third kappa shape index (κ3) is 5.42. The number of pyridine rings is 1. The molecule has 0 saturated heterocycles. The van der Waals surface area contributed by atoms with E-state index >= 15 is 0 Å². The Kier molecular flexibility index (Phi) is 7.29. The fourth-order valence-electron chi connectivity index (χ4n) is 2.23. The summed E-state index contributed by atoms with van der Waals surface area (Å²) in [6, 6.07) is 3.09. The lowest BCUT2D eigenvalue weighted by atomic mass is 10.1. The lowest BCUT2D eigenvalue weighted by Crippen LogP contribution is -2.41. The molecule has 0 aromatic carbocycles. The maximum absolute atomic E-state index is 13.7. The predicted octanol–water partition coefficient (Wildman–Crippen LogP) is 2.66. The van der Waals surface area contributed by atoms with E-state index < -0.39 is 5.95 Å². The largest absolute Gasteiger partial charge is 0.337 e. The second kappa shape index (κ2) is 8.72. The summed E-state index contributed by atoms with van der Waals surface area (Å²) in [6.07, 6.45) is 1.36. The Labute approximate surface area is 127 Å². The normalized spacial score (nSPS) is 11.2. The molecule has 21 heavy (non-hydrogen) atoms. The average molecular weight is 295 g/mol. The lowest BCUT2D eigenvalue weighted by Gasteiger charge is -2.28. The smallest absolute Gasteiger partial charge is 0.258 e. The van der Waals surface area contributed by atoms with Crippen LogP contribution in [-0.4, -0.2) is 53.4 Å². The van der Waals surface area contributed by atoms with Crippen LogP contribution in [0.2, 0.25) is 0 Å². The summed E-state index contributed by atoms with van der Waals surface area (Å²) in [7, 11) is 0. The zero-order valence-electron chi connectivity index (χ0n) is 13.5. The summed E-state index contributed by atoms with van der Waals surface area (Å²) in [5.41, 5.74) is 0.0534. The number of nitrogens with zero attached hydrogens (tertiary/aromatic N) is 3. The van der Waals surface area contributed by atoms with E-state index in [0.717, 1.165) is 19.6 Å². The molecule has 1 amide bonds. The summed E-state index contributed by atoms with van der Waals surface area (Å²) >= 11 is 0. The number of carbonyl (C=O) groups is 1. The monoisotopic (exact) mass is 295 g/mol. The van der Waals surface area contributed by atoms with Crippen LogP contribution < -0.4 is 0 Å². The van der Waals surface area contributed by atoms with Gasteiger partial charge >= 0.3 is 0 Å². The summed E-state index contributed by atoms with van der Waals surface area (Å²) in [6.45, 7) is 12.2. The fourth-order valence-corrected chi connectivity index (χ4v) is 2.23. The molecule has 0 aliphatic carbocycles. The van der Waals surface area contributed by atoms with Crippen LogP contribution in [-0.2, 0) is 0 Å². The SMILES string of the molecule is CCN(CC)CCN(CC(C)C)C(=O)c1cccnc1F. The number of aromatic nitrogens is 1. The first-order chi connectivity index (χ1) is 9.99. The van der Waals surface area contributed by atoms with Crippen molar-refractivity contribution >= 4 is 5.91 Å². The van der Waals surface area contributed by atoms with E-state index in [4.69, 9.17) is 0 Å². The van der Waals surface area contributed by atoms with Crippen LogP contribution in [0.15, 0.2) is 18.3 Å². The molecule has 0 bridgehead atoms. The van der Waals surface area contributed by atoms with Gasteiger partial charge in [-0.05, 0) is 31.1 Å². The molecule has 0 aliphatic heterocycles. The van der Waals surface area contributed by atoms with Crippen molar-refractivity contribution in [2.75, 3.05) is 32.7 Å². The Morgan fingerprint density at radius 3 is 2.48 bits per heavy atom. The topological polar surface area (TPSA) is 36.4 Å². The maximum Gasteiger partial charge on any atom is 0.258 e. The molecule has 0 N–H and O–H groups in total. The number of hydrogen-bond acceptors (Lipinski definition) is 3. The molecule has 5 heteroatoms. The quantitative estimate of drug-likeness (QED) is 0.692. The van der Waals surface area contributed by atoms with E-state index in [1.165, 1.54) is 12.3 Å². The van der Waals surface area contributed by atoms with Crippen molar-refractivity contribution in [1.82, 2.24) is 14.8 Å². The Morgan fingerprint density at radius 2 is 1.95 bits per heavy atom. The van der Waals surface area contributed by atoms with Crippen molar-refractivity contribution in [2.45, 2.75) is 27.7 Å². The van der Waals surface area contributed by atoms with E-state index in [2.05, 4.69) is 37.6 Å². The number of hydrogen-bond donors (Lipinski definition) is 0. The molecule has 0 saturated carbocycles. The standard InChI is InChI=1S/C16H26FN3O/c1-5-19(6-2)10-11-20(12-13(3)4)16(21)14-8-7-9-18-15(14)17/h7-9,13H,5-6,10-12H2,1-4H3.